The molecule has 1 rings (SSSR count). The second-order valence-electron chi connectivity index (χ2n) is 6.43. The standard InChI is InChI=1S/C15H32N2/c1-4-5-11-15(2,3)17-14-8-6-13(7-9-14)10-12-16/h13-14,17H,4-12,16H2,1-3H3/t13-,14-. The largest absolute Gasteiger partial charge is 0.330 e. The Labute approximate surface area is 108 Å². The Kier molecular flexibility index (Phi) is 6.50. The normalized spacial score (nSPS) is 26.1. The summed E-state index contributed by atoms with van der Waals surface area (Å²) in [6.45, 7) is 7.85. The smallest absolute Gasteiger partial charge is 0.0127 e. The first kappa shape index (κ1) is 15.0. The third kappa shape index (κ3) is 5.87. The number of nitrogens with two attached hydrogens (primary N) is 1. The van der Waals surface area contributed by atoms with E-state index in [1.54, 1.807) is 0 Å². The maximum absolute atomic E-state index is 5.63. The summed E-state index contributed by atoms with van der Waals surface area (Å²) in [6, 6.07) is 0.746. The molecule has 2 heteroatoms. The van der Waals surface area contributed by atoms with Crippen LogP contribution in [0.25, 0.3) is 0 Å². The van der Waals surface area contributed by atoms with Crippen LogP contribution >= 0.6 is 0 Å². The third-order valence-corrected chi connectivity index (χ3v) is 4.17. The maximum Gasteiger partial charge on any atom is 0.0127 e. The lowest BCUT2D eigenvalue weighted by Gasteiger charge is -2.36. The zero-order valence-corrected chi connectivity index (χ0v) is 12.1. The lowest BCUT2D eigenvalue weighted by Crippen LogP contribution is -2.47. The van der Waals surface area contributed by atoms with Crippen LogP contribution in [-0.2, 0) is 0 Å². The summed E-state index contributed by atoms with van der Waals surface area (Å²) >= 11 is 0. The van der Waals surface area contributed by atoms with E-state index in [1.807, 2.05) is 0 Å². The van der Waals surface area contributed by atoms with Crippen molar-refractivity contribution < 1.29 is 0 Å². The zero-order valence-electron chi connectivity index (χ0n) is 12.1. The molecule has 3 N–H and O–H groups in total. The predicted octanol–water partition coefficient (Wildman–Crippen LogP) is 3.45. The van der Waals surface area contributed by atoms with Gasteiger partial charge in [0, 0.05) is 11.6 Å². The summed E-state index contributed by atoms with van der Waals surface area (Å²) in [7, 11) is 0. The fourth-order valence-electron chi connectivity index (χ4n) is 3.07. The molecule has 0 amide bonds. The van der Waals surface area contributed by atoms with E-state index in [-0.39, 0.29) is 0 Å². The first-order chi connectivity index (χ1) is 8.07. The Bertz CT molecular complexity index is 193. The summed E-state index contributed by atoms with van der Waals surface area (Å²) in [5.41, 5.74) is 5.96. The Morgan fingerprint density at radius 1 is 1.18 bits per heavy atom. The van der Waals surface area contributed by atoms with E-state index in [0.29, 0.717) is 5.54 Å². The first-order valence-corrected chi connectivity index (χ1v) is 7.55. The highest BCUT2D eigenvalue weighted by atomic mass is 15.0. The van der Waals surface area contributed by atoms with Crippen LogP contribution < -0.4 is 11.1 Å². The predicted molar refractivity (Wildman–Crippen MR) is 76.2 cm³/mol. The van der Waals surface area contributed by atoms with Gasteiger partial charge in [0.05, 0.1) is 0 Å². The molecule has 0 aromatic carbocycles. The van der Waals surface area contributed by atoms with Crippen LogP contribution in [-0.4, -0.2) is 18.1 Å². The Morgan fingerprint density at radius 3 is 2.35 bits per heavy atom. The van der Waals surface area contributed by atoms with Crippen molar-refractivity contribution in [2.75, 3.05) is 6.54 Å². The molecule has 0 aromatic rings. The average Bonchev–Trinajstić information content (AvgIpc) is 2.29. The van der Waals surface area contributed by atoms with Crippen molar-refractivity contribution in [2.45, 2.75) is 83.7 Å². The molecule has 1 aliphatic rings. The number of rotatable bonds is 7. The molecule has 0 saturated heterocycles. The number of hydrogen-bond acceptors (Lipinski definition) is 2. The van der Waals surface area contributed by atoms with Crippen LogP contribution in [0.1, 0.15) is 72.1 Å². The van der Waals surface area contributed by atoms with E-state index >= 15 is 0 Å². The lowest BCUT2D eigenvalue weighted by molar-refractivity contribution is 0.226. The van der Waals surface area contributed by atoms with E-state index in [2.05, 4.69) is 26.1 Å². The van der Waals surface area contributed by atoms with Gasteiger partial charge in [-0.05, 0) is 64.8 Å². The fraction of sp³-hybridized carbons (Fsp3) is 1.00. The van der Waals surface area contributed by atoms with Gasteiger partial charge < -0.3 is 11.1 Å². The molecular weight excluding hydrogens is 208 g/mol. The molecule has 1 fully saturated rings. The summed E-state index contributed by atoms with van der Waals surface area (Å²) < 4.78 is 0. The van der Waals surface area contributed by atoms with Crippen LogP contribution in [0.3, 0.4) is 0 Å². The molecule has 17 heavy (non-hydrogen) atoms. The highest BCUT2D eigenvalue weighted by Gasteiger charge is 2.25. The van der Waals surface area contributed by atoms with Gasteiger partial charge in [0.25, 0.3) is 0 Å². The minimum Gasteiger partial charge on any atom is -0.330 e. The van der Waals surface area contributed by atoms with E-state index in [4.69, 9.17) is 5.73 Å². The van der Waals surface area contributed by atoms with Crippen LogP contribution in [0, 0.1) is 5.92 Å². The fourth-order valence-corrected chi connectivity index (χ4v) is 3.07. The van der Waals surface area contributed by atoms with Gasteiger partial charge >= 0.3 is 0 Å². The molecular formula is C15H32N2. The SMILES string of the molecule is CCCCC(C)(C)N[C@H]1CC[C@H](CCN)CC1. The molecule has 0 heterocycles. The molecule has 0 unspecified atom stereocenters. The molecule has 1 aliphatic carbocycles. The summed E-state index contributed by atoms with van der Waals surface area (Å²) in [5, 5.41) is 3.86. The number of hydrogen-bond donors (Lipinski definition) is 2. The van der Waals surface area contributed by atoms with Crippen molar-refractivity contribution >= 4 is 0 Å². The monoisotopic (exact) mass is 240 g/mol. The molecule has 0 bridgehead atoms. The van der Waals surface area contributed by atoms with Crippen molar-refractivity contribution in [3.8, 4) is 0 Å². The van der Waals surface area contributed by atoms with Gasteiger partial charge in [-0.2, -0.15) is 0 Å². The van der Waals surface area contributed by atoms with E-state index in [1.165, 1.54) is 51.4 Å². The minimum absolute atomic E-state index is 0.321. The number of nitrogens with one attached hydrogen (secondary N) is 1. The van der Waals surface area contributed by atoms with Crippen LogP contribution in [0.15, 0.2) is 0 Å². The van der Waals surface area contributed by atoms with Gasteiger partial charge in [0.1, 0.15) is 0 Å². The number of unbranched alkanes of at least 4 members (excludes halogenated alkanes) is 1. The molecule has 0 aromatic heterocycles. The van der Waals surface area contributed by atoms with Crippen LogP contribution in [0.2, 0.25) is 0 Å². The van der Waals surface area contributed by atoms with Crippen molar-refractivity contribution in [3.63, 3.8) is 0 Å². The second kappa shape index (κ2) is 7.38. The topological polar surface area (TPSA) is 38.0 Å². The molecule has 102 valence electrons. The zero-order chi connectivity index (χ0) is 12.7. The molecule has 1 saturated carbocycles. The van der Waals surface area contributed by atoms with Crippen molar-refractivity contribution in [2.24, 2.45) is 11.7 Å². The third-order valence-electron chi connectivity index (χ3n) is 4.17. The highest BCUT2D eigenvalue weighted by molar-refractivity contribution is 4.85. The van der Waals surface area contributed by atoms with E-state index in [9.17, 15) is 0 Å². The van der Waals surface area contributed by atoms with E-state index < -0.39 is 0 Å². The molecule has 0 radical (unpaired) electrons. The first-order valence-electron chi connectivity index (χ1n) is 7.55. The molecule has 0 atom stereocenters. The van der Waals surface area contributed by atoms with Gasteiger partial charge in [-0.1, -0.05) is 19.8 Å². The average molecular weight is 240 g/mol. The Morgan fingerprint density at radius 2 is 1.82 bits per heavy atom. The van der Waals surface area contributed by atoms with Crippen LogP contribution in [0.4, 0.5) is 0 Å². The van der Waals surface area contributed by atoms with Crippen molar-refractivity contribution in [1.29, 1.82) is 0 Å². The van der Waals surface area contributed by atoms with Crippen molar-refractivity contribution in [1.82, 2.24) is 5.32 Å². The Balaban J connectivity index is 2.24. The minimum atomic E-state index is 0.321. The second-order valence-corrected chi connectivity index (χ2v) is 6.43. The van der Waals surface area contributed by atoms with E-state index in [0.717, 1.165) is 18.5 Å². The van der Waals surface area contributed by atoms with Gasteiger partial charge in [-0.25, -0.2) is 0 Å². The molecule has 0 aliphatic heterocycles. The summed E-state index contributed by atoms with van der Waals surface area (Å²) in [5.74, 6) is 0.900. The van der Waals surface area contributed by atoms with Gasteiger partial charge in [-0.3, -0.25) is 0 Å². The Hall–Kier alpha value is -0.0800. The van der Waals surface area contributed by atoms with Gasteiger partial charge in [-0.15, -0.1) is 0 Å². The highest BCUT2D eigenvalue weighted by Crippen LogP contribution is 2.28. The summed E-state index contributed by atoms with van der Waals surface area (Å²) in [4.78, 5) is 0. The van der Waals surface area contributed by atoms with Gasteiger partial charge in [0.15, 0.2) is 0 Å². The van der Waals surface area contributed by atoms with Gasteiger partial charge in [0.2, 0.25) is 0 Å². The molecule has 2 nitrogen and oxygen atoms in total. The molecule has 0 spiro atoms. The van der Waals surface area contributed by atoms with Crippen LogP contribution in [0.5, 0.6) is 0 Å². The quantitative estimate of drug-likeness (QED) is 0.715. The lowest BCUT2D eigenvalue weighted by atomic mass is 9.83. The van der Waals surface area contributed by atoms with Crippen molar-refractivity contribution in [3.05, 3.63) is 0 Å². The summed E-state index contributed by atoms with van der Waals surface area (Å²) in [6.07, 6.45) is 10.6. The maximum atomic E-state index is 5.63.